The molecule has 0 radical (unpaired) electrons. The van der Waals surface area contributed by atoms with Gasteiger partial charge >= 0.3 is 0 Å². The average molecular weight is 285 g/mol. The molecule has 1 saturated heterocycles. The van der Waals surface area contributed by atoms with Gasteiger partial charge in [-0.2, -0.15) is 0 Å². The largest absolute Gasteiger partial charge is 0.356 e. The van der Waals surface area contributed by atoms with Crippen LogP contribution in [0.1, 0.15) is 61.8 Å². The molecule has 1 spiro atoms. The Balaban J connectivity index is 1.56. The SMILES string of the molecule is NCc1cc2c(nc1N1CCC3(CCCC3)CC1)CCC2. The predicted octanol–water partition coefficient (Wildman–Crippen LogP) is 3.19. The Bertz CT molecular complexity index is 522. The van der Waals surface area contributed by atoms with Gasteiger partial charge in [0.05, 0.1) is 0 Å². The highest BCUT2D eigenvalue weighted by Crippen LogP contribution is 2.46. The zero-order valence-corrected chi connectivity index (χ0v) is 13.0. The number of pyridine rings is 1. The molecular formula is C18H27N3. The minimum Gasteiger partial charge on any atom is -0.356 e. The van der Waals surface area contributed by atoms with Gasteiger partial charge < -0.3 is 10.6 Å². The van der Waals surface area contributed by atoms with Crippen LogP contribution >= 0.6 is 0 Å². The highest BCUT2D eigenvalue weighted by atomic mass is 15.2. The van der Waals surface area contributed by atoms with Crippen molar-refractivity contribution < 1.29 is 0 Å². The molecule has 21 heavy (non-hydrogen) atoms. The lowest BCUT2D eigenvalue weighted by Crippen LogP contribution is -2.40. The van der Waals surface area contributed by atoms with E-state index >= 15 is 0 Å². The number of piperidine rings is 1. The fourth-order valence-corrected chi connectivity index (χ4v) is 4.75. The van der Waals surface area contributed by atoms with E-state index in [0.29, 0.717) is 12.0 Å². The Morgan fingerprint density at radius 1 is 1.05 bits per heavy atom. The van der Waals surface area contributed by atoms with Crippen molar-refractivity contribution in [3.05, 3.63) is 22.9 Å². The maximum absolute atomic E-state index is 6.00. The molecule has 2 aliphatic carbocycles. The number of rotatable bonds is 2. The standard InChI is InChI=1S/C18H27N3/c19-13-15-12-14-4-3-5-16(14)20-17(15)21-10-8-18(9-11-21)6-1-2-7-18/h12H,1-11,13,19H2. The fourth-order valence-electron chi connectivity index (χ4n) is 4.75. The normalized spacial score (nSPS) is 23.8. The van der Waals surface area contributed by atoms with E-state index in [1.807, 2.05) is 0 Å². The lowest BCUT2D eigenvalue weighted by Gasteiger charge is -2.40. The highest BCUT2D eigenvalue weighted by molar-refractivity contribution is 5.51. The van der Waals surface area contributed by atoms with Crippen LogP contribution in [0, 0.1) is 5.41 Å². The Labute approximate surface area is 127 Å². The smallest absolute Gasteiger partial charge is 0.133 e. The highest BCUT2D eigenvalue weighted by Gasteiger charge is 2.37. The second-order valence-electron chi connectivity index (χ2n) is 7.33. The van der Waals surface area contributed by atoms with Crippen molar-refractivity contribution in [1.29, 1.82) is 0 Å². The molecule has 114 valence electrons. The molecule has 0 bridgehead atoms. The molecule has 0 unspecified atom stereocenters. The summed E-state index contributed by atoms with van der Waals surface area (Å²) in [5, 5.41) is 0. The van der Waals surface area contributed by atoms with Gasteiger partial charge in [-0.25, -0.2) is 4.98 Å². The first kappa shape index (κ1) is 13.6. The van der Waals surface area contributed by atoms with Crippen LogP contribution in [0.4, 0.5) is 5.82 Å². The topological polar surface area (TPSA) is 42.1 Å². The van der Waals surface area contributed by atoms with Crippen molar-refractivity contribution in [2.45, 2.75) is 64.3 Å². The summed E-state index contributed by atoms with van der Waals surface area (Å²) in [7, 11) is 0. The van der Waals surface area contributed by atoms with Crippen molar-refractivity contribution in [3.63, 3.8) is 0 Å². The Morgan fingerprint density at radius 2 is 1.81 bits per heavy atom. The maximum Gasteiger partial charge on any atom is 0.133 e. The molecule has 0 amide bonds. The summed E-state index contributed by atoms with van der Waals surface area (Å²) in [4.78, 5) is 7.53. The van der Waals surface area contributed by atoms with E-state index in [0.717, 1.165) is 6.42 Å². The molecule has 3 nitrogen and oxygen atoms in total. The Hall–Kier alpha value is -1.09. The number of aryl methyl sites for hydroxylation is 2. The first-order valence-electron chi connectivity index (χ1n) is 8.76. The number of anilines is 1. The van der Waals surface area contributed by atoms with Gasteiger partial charge in [-0.15, -0.1) is 0 Å². The molecule has 3 aliphatic rings. The molecule has 1 aliphatic heterocycles. The minimum atomic E-state index is 0.622. The van der Waals surface area contributed by atoms with E-state index in [1.165, 1.54) is 87.1 Å². The summed E-state index contributed by atoms with van der Waals surface area (Å²) >= 11 is 0. The van der Waals surface area contributed by atoms with E-state index in [-0.39, 0.29) is 0 Å². The zero-order chi connectivity index (χ0) is 14.3. The summed E-state index contributed by atoms with van der Waals surface area (Å²) in [6.45, 7) is 2.98. The number of hydrogen-bond donors (Lipinski definition) is 1. The van der Waals surface area contributed by atoms with Gasteiger partial charge in [-0.05, 0) is 62.0 Å². The molecule has 2 heterocycles. The number of aromatic nitrogens is 1. The summed E-state index contributed by atoms with van der Waals surface area (Å²) in [6.07, 6.45) is 12.1. The van der Waals surface area contributed by atoms with Gasteiger partial charge in [0.25, 0.3) is 0 Å². The van der Waals surface area contributed by atoms with Gasteiger partial charge in [0.15, 0.2) is 0 Å². The van der Waals surface area contributed by atoms with Gasteiger partial charge in [-0.1, -0.05) is 12.8 Å². The van der Waals surface area contributed by atoms with Crippen LogP contribution < -0.4 is 10.6 Å². The number of hydrogen-bond acceptors (Lipinski definition) is 3. The second kappa shape index (κ2) is 5.28. The molecule has 3 heteroatoms. The van der Waals surface area contributed by atoms with Crippen molar-refractivity contribution >= 4 is 5.82 Å². The van der Waals surface area contributed by atoms with Crippen molar-refractivity contribution in [3.8, 4) is 0 Å². The lowest BCUT2D eigenvalue weighted by molar-refractivity contribution is 0.226. The van der Waals surface area contributed by atoms with Crippen molar-refractivity contribution in [2.24, 2.45) is 11.1 Å². The Kier molecular flexibility index (Phi) is 3.41. The van der Waals surface area contributed by atoms with E-state index in [9.17, 15) is 0 Å². The van der Waals surface area contributed by atoms with Crippen LogP contribution in [0.25, 0.3) is 0 Å². The molecule has 0 aromatic carbocycles. The zero-order valence-electron chi connectivity index (χ0n) is 13.0. The van der Waals surface area contributed by atoms with Crippen LogP contribution in [0.15, 0.2) is 6.07 Å². The van der Waals surface area contributed by atoms with E-state index in [4.69, 9.17) is 10.7 Å². The third-order valence-electron chi connectivity index (χ3n) is 6.11. The molecule has 1 saturated carbocycles. The maximum atomic E-state index is 6.00. The van der Waals surface area contributed by atoms with Crippen LogP contribution in [-0.2, 0) is 19.4 Å². The molecule has 1 aromatic rings. The number of fused-ring (bicyclic) bond motifs is 1. The average Bonchev–Trinajstić information content (AvgIpc) is 3.16. The molecule has 2 N–H and O–H groups in total. The van der Waals surface area contributed by atoms with E-state index < -0.39 is 0 Å². The summed E-state index contributed by atoms with van der Waals surface area (Å²) in [6, 6.07) is 2.34. The monoisotopic (exact) mass is 285 g/mol. The van der Waals surface area contributed by atoms with Crippen molar-refractivity contribution in [2.75, 3.05) is 18.0 Å². The quantitative estimate of drug-likeness (QED) is 0.907. The van der Waals surface area contributed by atoms with Gasteiger partial charge in [-0.3, -0.25) is 0 Å². The van der Waals surface area contributed by atoms with Crippen LogP contribution in [0.5, 0.6) is 0 Å². The molecule has 2 fully saturated rings. The van der Waals surface area contributed by atoms with E-state index in [1.54, 1.807) is 0 Å². The molecule has 4 rings (SSSR count). The van der Waals surface area contributed by atoms with E-state index in [2.05, 4.69) is 11.0 Å². The van der Waals surface area contributed by atoms with Crippen LogP contribution in [0.3, 0.4) is 0 Å². The third-order valence-corrected chi connectivity index (χ3v) is 6.11. The molecule has 0 atom stereocenters. The van der Waals surface area contributed by atoms with Crippen molar-refractivity contribution in [1.82, 2.24) is 4.98 Å². The van der Waals surface area contributed by atoms with Gasteiger partial charge in [0.2, 0.25) is 0 Å². The lowest BCUT2D eigenvalue weighted by atomic mass is 9.77. The first-order chi connectivity index (χ1) is 10.3. The van der Waals surface area contributed by atoms with Crippen LogP contribution in [-0.4, -0.2) is 18.1 Å². The first-order valence-corrected chi connectivity index (χ1v) is 8.76. The summed E-state index contributed by atoms with van der Waals surface area (Å²) in [5.74, 6) is 1.20. The molecule has 1 aromatic heterocycles. The van der Waals surface area contributed by atoms with Gasteiger partial charge in [0.1, 0.15) is 5.82 Å². The molecular weight excluding hydrogens is 258 g/mol. The second-order valence-corrected chi connectivity index (χ2v) is 7.33. The fraction of sp³-hybridized carbons (Fsp3) is 0.722. The Morgan fingerprint density at radius 3 is 2.52 bits per heavy atom. The third kappa shape index (κ3) is 2.36. The summed E-state index contributed by atoms with van der Waals surface area (Å²) < 4.78 is 0. The van der Waals surface area contributed by atoms with Gasteiger partial charge in [0, 0.05) is 30.9 Å². The number of nitrogens with zero attached hydrogens (tertiary/aromatic N) is 2. The number of nitrogens with two attached hydrogens (primary N) is 1. The van der Waals surface area contributed by atoms with Crippen LogP contribution in [0.2, 0.25) is 0 Å². The minimum absolute atomic E-state index is 0.622. The summed E-state index contributed by atoms with van der Waals surface area (Å²) in [5.41, 5.74) is 10.7. The predicted molar refractivity (Wildman–Crippen MR) is 86.5 cm³/mol.